The van der Waals surface area contributed by atoms with Crippen LogP contribution in [0.15, 0.2) is 18.2 Å². The minimum atomic E-state index is 0.256. The van der Waals surface area contributed by atoms with Crippen LogP contribution in [0.1, 0.15) is 20.3 Å². The van der Waals surface area contributed by atoms with Gasteiger partial charge in [0.15, 0.2) is 11.5 Å². The van der Waals surface area contributed by atoms with Gasteiger partial charge in [-0.25, -0.2) is 0 Å². The quantitative estimate of drug-likeness (QED) is 0.888. The lowest BCUT2D eigenvalue weighted by Gasteiger charge is -2.39. The van der Waals surface area contributed by atoms with Crippen molar-refractivity contribution in [2.24, 2.45) is 17.6 Å². The van der Waals surface area contributed by atoms with E-state index in [0.29, 0.717) is 18.6 Å². The van der Waals surface area contributed by atoms with Crippen molar-refractivity contribution < 1.29 is 9.47 Å². The first-order chi connectivity index (χ1) is 9.13. The molecule has 2 aliphatic rings. The maximum absolute atomic E-state index is 6.21. The van der Waals surface area contributed by atoms with E-state index in [-0.39, 0.29) is 6.04 Å². The Bertz CT molecular complexity index is 461. The number of nitrogens with zero attached hydrogens (tertiary/aromatic N) is 1. The summed E-state index contributed by atoms with van der Waals surface area (Å²) in [6, 6.07) is 6.41. The molecule has 1 fully saturated rings. The third-order valence-corrected chi connectivity index (χ3v) is 4.18. The van der Waals surface area contributed by atoms with Gasteiger partial charge in [0.25, 0.3) is 0 Å². The lowest BCUT2D eigenvalue weighted by molar-refractivity contribution is 0.174. The molecule has 2 N–H and O–H groups in total. The monoisotopic (exact) mass is 262 g/mol. The van der Waals surface area contributed by atoms with Crippen molar-refractivity contribution in [3.63, 3.8) is 0 Å². The lowest BCUT2D eigenvalue weighted by atomic mass is 9.85. The Morgan fingerprint density at radius 3 is 2.79 bits per heavy atom. The fraction of sp³-hybridized carbons (Fsp3) is 0.600. The maximum atomic E-state index is 6.21. The van der Waals surface area contributed by atoms with Crippen molar-refractivity contribution in [2.45, 2.75) is 26.3 Å². The molecule has 0 aromatic heterocycles. The molecule has 1 aromatic carbocycles. The highest BCUT2D eigenvalue weighted by Gasteiger charge is 2.28. The molecule has 0 saturated carbocycles. The van der Waals surface area contributed by atoms with Crippen LogP contribution in [0.25, 0.3) is 0 Å². The van der Waals surface area contributed by atoms with E-state index >= 15 is 0 Å². The number of nitrogens with two attached hydrogens (primary N) is 1. The SMILES string of the molecule is CC(C)C1CC(N)CN(c2ccc3c(c2)OCO3)C1. The lowest BCUT2D eigenvalue weighted by Crippen LogP contribution is -2.48. The summed E-state index contributed by atoms with van der Waals surface area (Å²) in [6.45, 7) is 6.88. The summed E-state index contributed by atoms with van der Waals surface area (Å²) in [5.41, 5.74) is 7.39. The van der Waals surface area contributed by atoms with Gasteiger partial charge in [-0.2, -0.15) is 0 Å². The largest absolute Gasteiger partial charge is 0.454 e. The predicted molar refractivity (Wildman–Crippen MR) is 75.7 cm³/mol. The zero-order chi connectivity index (χ0) is 13.4. The van der Waals surface area contributed by atoms with Gasteiger partial charge in [-0.05, 0) is 30.4 Å². The second-order valence-corrected chi connectivity index (χ2v) is 5.94. The number of benzene rings is 1. The van der Waals surface area contributed by atoms with Crippen LogP contribution in [0.4, 0.5) is 5.69 Å². The molecule has 104 valence electrons. The Kier molecular flexibility index (Phi) is 3.27. The van der Waals surface area contributed by atoms with E-state index < -0.39 is 0 Å². The first-order valence-electron chi connectivity index (χ1n) is 7.03. The van der Waals surface area contributed by atoms with Gasteiger partial charge in [0.05, 0.1) is 0 Å². The second-order valence-electron chi connectivity index (χ2n) is 5.94. The molecule has 2 heterocycles. The van der Waals surface area contributed by atoms with Gasteiger partial charge in [0.2, 0.25) is 6.79 Å². The Balaban J connectivity index is 1.81. The van der Waals surface area contributed by atoms with E-state index in [2.05, 4.69) is 30.9 Å². The van der Waals surface area contributed by atoms with Gasteiger partial charge in [-0.1, -0.05) is 13.8 Å². The van der Waals surface area contributed by atoms with Gasteiger partial charge < -0.3 is 20.1 Å². The second kappa shape index (κ2) is 4.93. The highest BCUT2D eigenvalue weighted by atomic mass is 16.7. The fourth-order valence-corrected chi connectivity index (χ4v) is 2.95. The standard InChI is InChI=1S/C15H22N2O2/c1-10(2)11-5-12(16)8-17(7-11)13-3-4-14-15(6-13)19-9-18-14/h3-4,6,10-12H,5,7-9,16H2,1-2H3. The van der Waals surface area contributed by atoms with Crippen molar-refractivity contribution >= 4 is 5.69 Å². The van der Waals surface area contributed by atoms with Gasteiger partial charge in [-0.3, -0.25) is 0 Å². The molecule has 3 rings (SSSR count). The van der Waals surface area contributed by atoms with Crippen LogP contribution in [-0.4, -0.2) is 25.9 Å². The minimum Gasteiger partial charge on any atom is -0.454 e. The third-order valence-electron chi connectivity index (χ3n) is 4.18. The molecule has 2 atom stereocenters. The summed E-state index contributed by atoms with van der Waals surface area (Å²) in [4.78, 5) is 2.38. The third kappa shape index (κ3) is 2.50. The number of ether oxygens (including phenoxy) is 2. The summed E-state index contributed by atoms with van der Waals surface area (Å²) in [5.74, 6) is 3.01. The topological polar surface area (TPSA) is 47.7 Å². The number of rotatable bonds is 2. The van der Waals surface area contributed by atoms with E-state index in [9.17, 15) is 0 Å². The molecular weight excluding hydrogens is 240 g/mol. The number of anilines is 1. The molecule has 0 amide bonds. The number of hydrogen-bond acceptors (Lipinski definition) is 4. The zero-order valence-electron chi connectivity index (χ0n) is 11.6. The molecule has 4 nitrogen and oxygen atoms in total. The fourth-order valence-electron chi connectivity index (χ4n) is 2.95. The van der Waals surface area contributed by atoms with Crippen molar-refractivity contribution in [1.82, 2.24) is 0 Å². The van der Waals surface area contributed by atoms with Crippen LogP contribution < -0.4 is 20.1 Å². The molecule has 0 bridgehead atoms. The Morgan fingerprint density at radius 1 is 1.21 bits per heavy atom. The normalized spacial score (nSPS) is 26.0. The molecule has 1 aromatic rings. The number of hydrogen-bond donors (Lipinski definition) is 1. The van der Waals surface area contributed by atoms with Crippen LogP contribution in [0.2, 0.25) is 0 Å². The molecule has 1 saturated heterocycles. The molecule has 0 radical (unpaired) electrons. The minimum absolute atomic E-state index is 0.256. The van der Waals surface area contributed by atoms with Crippen LogP contribution >= 0.6 is 0 Å². The van der Waals surface area contributed by atoms with Crippen molar-refractivity contribution in [3.05, 3.63) is 18.2 Å². The molecule has 4 heteroatoms. The van der Waals surface area contributed by atoms with E-state index in [1.165, 1.54) is 5.69 Å². The average Bonchev–Trinajstić information content (AvgIpc) is 2.85. The van der Waals surface area contributed by atoms with Gasteiger partial charge >= 0.3 is 0 Å². The molecule has 19 heavy (non-hydrogen) atoms. The Labute approximate surface area is 114 Å². The molecular formula is C15H22N2O2. The van der Waals surface area contributed by atoms with E-state index in [1.807, 2.05) is 6.07 Å². The number of fused-ring (bicyclic) bond motifs is 1. The zero-order valence-corrected chi connectivity index (χ0v) is 11.6. The Morgan fingerprint density at radius 2 is 2.00 bits per heavy atom. The molecule has 2 unspecified atom stereocenters. The first kappa shape index (κ1) is 12.6. The average molecular weight is 262 g/mol. The van der Waals surface area contributed by atoms with Crippen LogP contribution in [0.3, 0.4) is 0 Å². The van der Waals surface area contributed by atoms with E-state index in [4.69, 9.17) is 15.2 Å². The van der Waals surface area contributed by atoms with E-state index in [1.54, 1.807) is 0 Å². The summed E-state index contributed by atoms with van der Waals surface area (Å²) in [5, 5.41) is 0. The predicted octanol–water partition coefficient (Wildman–Crippen LogP) is 2.22. The van der Waals surface area contributed by atoms with Gasteiger partial charge in [-0.15, -0.1) is 0 Å². The highest BCUT2D eigenvalue weighted by Crippen LogP contribution is 2.37. The molecule has 2 aliphatic heterocycles. The Hall–Kier alpha value is -1.42. The van der Waals surface area contributed by atoms with Crippen LogP contribution in [-0.2, 0) is 0 Å². The smallest absolute Gasteiger partial charge is 0.231 e. The maximum Gasteiger partial charge on any atom is 0.231 e. The summed E-state index contributed by atoms with van der Waals surface area (Å²) in [7, 11) is 0. The van der Waals surface area contributed by atoms with Crippen molar-refractivity contribution in [1.29, 1.82) is 0 Å². The van der Waals surface area contributed by atoms with Crippen molar-refractivity contribution in [3.8, 4) is 11.5 Å². The van der Waals surface area contributed by atoms with Gasteiger partial charge in [0.1, 0.15) is 0 Å². The molecule has 0 aliphatic carbocycles. The number of piperidine rings is 1. The summed E-state index contributed by atoms with van der Waals surface area (Å²) < 4.78 is 10.8. The van der Waals surface area contributed by atoms with Crippen molar-refractivity contribution in [2.75, 3.05) is 24.8 Å². The first-order valence-corrected chi connectivity index (χ1v) is 7.03. The highest BCUT2D eigenvalue weighted by molar-refractivity contribution is 5.57. The van der Waals surface area contributed by atoms with Crippen LogP contribution in [0, 0.1) is 11.8 Å². The van der Waals surface area contributed by atoms with Crippen LogP contribution in [0.5, 0.6) is 11.5 Å². The molecule has 0 spiro atoms. The van der Waals surface area contributed by atoms with Gasteiger partial charge in [0, 0.05) is 30.9 Å². The van der Waals surface area contributed by atoms with E-state index in [0.717, 1.165) is 31.0 Å². The summed E-state index contributed by atoms with van der Waals surface area (Å²) in [6.07, 6.45) is 1.12. The summed E-state index contributed by atoms with van der Waals surface area (Å²) >= 11 is 0.